The van der Waals surface area contributed by atoms with E-state index in [0.717, 1.165) is 12.4 Å². The number of nitrogens with zero attached hydrogens (tertiary/aromatic N) is 1. The molecule has 1 rings (SSSR count). The van der Waals surface area contributed by atoms with Crippen molar-refractivity contribution in [3.8, 4) is 0 Å². The number of ketones is 1. The van der Waals surface area contributed by atoms with Crippen molar-refractivity contribution in [2.24, 2.45) is 5.92 Å². The maximum atomic E-state index is 11.5. The molecule has 1 aromatic heterocycles. The maximum Gasteiger partial charge on any atom is 0.193 e. The summed E-state index contributed by atoms with van der Waals surface area (Å²) in [6.07, 6.45) is 0. The van der Waals surface area contributed by atoms with Crippen molar-refractivity contribution in [1.82, 2.24) is 4.98 Å². The summed E-state index contributed by atoms with van der Waals surface area (Å²) in [5, 5.41) is 5.55. The fraction of sp³-hybridized carbons (Fsp3) is 0.556. The minimum atomic E-state index is 0.0284. The molecule has 72 valence electrons. The Morgan fingerprint density at radius 1 is 1.69 bits per heavy atom. The van der Waals surface area contributed by atoms with Gasteiger partial charge in [-0.1, -0.05) is 13.8 Å². The zero-order chi connectivity index (χ0) is 9.84. The van der Waals surface area contributed by atoms with Gasteiger partial charge in [-0.3, -0.25) is 4.79 Å². The first-order valence-corrected chi connectivity index (χ1v) is 5.26. The third kappa shape index (κ3) is 2.52. The van der Waals surface area contributed by atoms with Crippen LogP contribution in [-0.2, 0) is 0 Å². The fourth-order valence-electron chi connectivity index (χ4n) is 0.896. The van der Waals surface area contributed by atoms with Crippen molar-refractivity contribution in [3.05, 3.63) is 10.4 Å². The molecule has 0 radical (unpaired) electrons. The van der Waals surface area contributed by atoms with Gasteiger partial charge < -0.3 is 5.32 Å². The molecule has 0 aliphatic carbocycles. The normalized spacial score (nSPS) is 10.5. The number of anilines is 1. The number of hydrogen-bond acceptors (Lipinski definition) is 4. The van der Waals surface area contributed by atoms with Crippen LogP contribution in [0.4, 0.5) is 5.82 Å². The smallest absolute Gasteiger partial charge is 0.193 e. The number of Topliss-reactive ketones (excluding diaryl/α,β-unsaturated/α-hetero) is 1. The number of nitrogens with one attached hydrogen (secondary N) is 1. The molecule has 1 N–H and O–H groups in total. The predicted octanol–water partition coefficient (Wildman–Crippen LogP) is 2.41. The number of hydrogen-bond donors (Lipinski definition) is 1. The average molecular weight is 198 g/mol. The lowest BCUT2D eigenvalue weighted by Crippen LogP contribution is -2.07. The molecule has 0 amide bonds. The summed E-state index contributed by atoms with van der Waals surface area (Å²) in [4.78, 5) is 15.7. The summed E-state index contributed by atoms with van der Waals surface area (Å²) in [7, 11) is 0. The quantitative estimate of drug-likeness (QED) is 0.755. The molecule has 0 saturated carbocycles. The Hall–Kier alpha value is -0.900. The first-order valence-electron chi connectivity index (χ1n) is 4.38. The summed E-state index contributed by atoms with van der Waals surface area (Å²) in [5.41, 5.74) is 0. The van der Waals surface area contributed by atoms with E-state index in [2.05, 4.69) is 10.3 Å². The Kier molecular flexibility index (Phi) is 3.42. The van der Waals surface area contributed by atoms with Crippen LogP contribution in [0.25, 0.3) is 0 Å². The van der Waals surface area contributed by atoms with Crippen LogP contribution in [0.15, 0.2) is 5.38 Å². The number of carbonyl (C=O) groups excluding carboxylic acids is 1. The van der Waals surface area contributed by atoms with E-state index in [0.29, 0.717) is 5.01 Å². The molecule has 1 aromatic rings. The lowest BCUT2D eigenvalue weighted by Gasteiger charge is -1.98. The zero-order valence-corrected chi connectivity index (χ0v) is 8.94. The standard InChI is InChI=1S/C9H14N2OS/c1-4-10-7-5-13-9(11-7)8(12)6(2)3/h5-6,10H,4H2,1-3H3. The molecule has 0 fully saturated rings. The lowest BCUT2D eigenvalue weighted by atomic mass is 10.1. The number of carbonyl (C=O) groups is 1. The number of thiazole rings is 1. The molecular weight excluding hydrogens is 184 g/mol. The first kappa shape index (κ1) is 10.2. The van der Waals surface area contributed by atoms with Crippen molar-refractivity contribution in [2.75, 3.05) is 11.9 Å². The Balaban J connectivity index is 2.73. The highest BCUT2D eigenvalue weighted by molar-refractivity contribution is 7.12. The van der Waals surface area contributed by atoms with Crippen molar-refractivity contribution in [3.63, 3.8) is 0 Å². The Morgan fingerprint density at radius 3 is 2.92 bits per heavy atom. The summed E-state index contributed by atoms with van der Waals surface area (Å²) in [6.45, 7) is 6.61. The third-order valence-corrected chi connectivity index (χ3v) is 2.45. The number of rotatable bonds is 4. The Bertz CT molecular complexity index is 294. The van der Waals surface area contributed by atoms with E-state index in [1.165, 1.54) is 11.3 Å². The van der Waals surface area contributed by atoms with Crippen molar-refractivity contribution in [1.29, 1.82) is 0 Å². The van der Waals surface area contributed by atoms with Crippen molar-refractivity contribution in [2.45, 2.75) is 20.8 Å². The minimum Gasteiger partial charge on any atom is -0.370 e. The van der Waals surface area contributed by atoms with Gasteiger partial charge in [-0.25, -0.2) is 4.98 Å². The third-order valence-electron chi connectivity index (χ3n) is 1.60. The van der Waals surface area contributed by atoms with Crippen LogP contribution in [-0.4, -0.2) is 17.3 Å². The van der Waals surface area contributed by atoms with E-state index in [4.69, 9.17) is 0 Å². The second kappa shape index (κ2) is 4.37. The maximum absolute atomic E-state index is 11.5. The molecule has 0 aromatic carbocycles. The summed E-state index contributed by atoms with van der Waals surface area (Å²) in [5.74, 6) is 0.950. The van der Waals surface area contributed by atoms with Crippen LogP contribution in [0.2, 0.25) is 0 Å². The van der Waals surface area contributed by atoms with Gasteiger partial charge in [0, 0.05) is 17.8 Å². The van der Waals surface area contributed by atoms with Gasteiger partial charge in [-0.2, -0.15) is 0 Å². The van der Waals surface area contributed by atoms with E-state index >= 15 is 0 Å². The molecule has 0 aliphatic heterocycles. The molecule has 0 bridgehead atoms. The summed E-state index contributed by atoms with van der Waals surface area (Å²) < 4.78 is 0. The molecule has 0 spiro atoms. The molecule has 1 heterocycles. The van der Waals surface area contributed by atoms with E-state index in [1.807, 2.05) is 26.2 Å². The van der Waals surface area contributed by atoms with Gasteiger partial charge in [0.05, 0.1) is 0 Å². The molecule has 0 atom stereocenters. The Morgan fingerprint density at radius 2 is 2.38 bits per heavy atom. The van der Waals surface area contributed by atoms with E-state index in [9.17, 15) is 4.79 Å². The van der Waals surface area contributed by atoms with E-state index < -0.39 is 0 Å². The molecule has 3 nitrogen and oxygen atoms in total. The Labute approximate surface area is 82.2 Å². The van der Waals surface area contributed by atoms with E-state index in [-0.39, 0.29) is 11.7 Å². The predicted molar refractivity (Wildman–Crippen MR) is 55.4 cm³/mol. The van der Waals surface area contributed by atoms with Crippen LogP contribution in [0.3, 0.4) is 0 Å². The lowest BCUT2D eigenvalue weighted by molar-refractivity contribution is 0.0939. The monoisotopic (exact) mass is 198 g/mol. The summed E-state index contributed by atoms with van der Waals surface area (Å²) in [6, 6.07) is 0. The van der Waals surface area contributed by atoms with Gasteiger partial charge in [0.2, 0.25) is 0 Å². The second-order valence-corrected chi connectivity index (χ2v) is 3.95. The fourth-order valence-corrected chi connectivity index (χ4v) is 1.76. The second-order valence-electron chi connectivity index (χ2n) is 3.09. The zero-order valence-electron chi connectivity index (χ0n) is 8.13. The topological polar surface area (TPSA) is 42.0 Å². The number of aromatic nitrogens is 1. The highest BCUT2D eigenvalue weighted by Crippen LogP contribution is 2.17. The van der Waals surface area contributed by atoms with Crippen LogP contribution < -0.4 is 5.32 Å². The van der Waals surface area contributed by atoms with Crippen molar-refractivity contribution < 1.29 is 4.79 Å². The highest BCUT2D eigenvalue weighted by Gasteiger charge is 2.14. The van der Waals surface area contributed by atoms with Crippen LogP contribution in [0.1, 0.15) is 30.6 Å². The molecule has 0 saturated heterocycles. The highest BCUT2D eigenvalue weighted by atomic mass is 32.1. The molecule has 4 heteroatoms. The molecule has 0 aliphatic rings. The SMILES string of the molecule is CCNc1csc(C(=O)C(C)C)n1. The van der Waals surface area contributed by atoms with Gasteiger partial charge in [-0.15, -0.1) is 11.3 Å². The molecule has 0 unspecified atom stereocenters. The molecule has 13 heavy (non-hydrogen) atoms. The molecular formula is C9H14N2OS. The van der Waals surface area contributed by atoms with Gasteiger partial charge in [0.25, 0.3) is 0 Å². The average Bonchev–Trinajstić information content (AvgIpc) is 2.52. The summed E-state index contributed by atoms with van der Waals surface area (Å²) >= 11 is 1.40. The van der Waals surface area contributed by atoms with Gasteiger partial charge in [-0.05, 0) is 6.92 Å². The van der Waals surface area contributed by atoms with Crippen LogP contribution in [0, 0.1) is 5.92 Å². The van der Waals surface area contributed by atoms with Crippen LogP contribution >= 0.6 is 11.3 Å². The largest absolute Gasteiger partial charge is 0.370 e. The first-order chi connectivity index (χ1) is 6.15. The van der Waals surface area contributed by atoms with E-state index in [1.54, 1.807) is 0 Å². The van der Waals surface area contributed by atoms with Gasteiger partial charge >= 0.3 is 0 Å². The van der Waals surface area contributed by atoms with Gasteiger partial charge in [0.15, 0.2) is 10.8 Å². The van der Waals surface area contributed by atoms with Gasteiger partial charge in [0.1, 0.15) is 5.82 Å². The minimum absolute atomic E-state index is 0.0284. The van der Waals surface area contributed by atoms with Crippen molar-refractivity contribution >= 4 is 22.9 Å². The van der Waals surface area contributed by atoms with Crippen LogP contribution in [0.5, 0.6) is 0 Å².